The van der Waals surface area contributed by atoms with E-state index in [1.165, 1.54) is 15.6 Å². The molecular weight excluding hydrogens is 444 g/mol. The number of sulfonamides is 1. The minimum Gasteiger partial charge on any atom is -0.489 e. The molecule has 32 heavy (non-hydrogen) atoms. The van der Waals surface area contributed by atoms with Crippen LogP contribution in [0, 0.1) is 13.8 Å². The van der Waals surface area contributed by atoms with Crippen molar-refractivity contribution in [3.05, 3.63) is 81.5 Å². The topological polar surface area (TPSA) is 66.9 Å². The fourth-order valence-electron chi connectivity index (χ4n) is 3.59. The standard InChI is InChI=1S/C24H26N2O4S2/c1-18-7-9-21(10-8-18)32(28,29)26-13-11-25(12-14-26)24(27)23-15-20(17-31-23)16-30-22-6-4-3-5-19(22)2/h3-10,15,17H,11-14,16H2,1-2H3. The number of thiophene rings is 1. The first-order chi connectivity index (χ1) is 15.3. The van der Waals surface area contributed by atoms with Crippen LogP contribution in [0.2, 0.25) is 0 Å². The van der Waals surface area contributed by atoms with Crippen LogP contribution in [0.5, 0.6) is 5.75 Å². The van der Waals surface area contributed by atoms with Crippen molar-refractivity contribution in [2.24, 2.45) is 0 Å². The van der Waals surface area contributed by atoms with E-state index in [0.717, 1.165) is 22.4 Å². The van der Waals surface area contributed by atoms with Crippen molar-refractivity contribution in [2.45, 2.75) is 25.3 Å². The van der Waals surface area contributed by atoms with Gasteiger partial charge in [0, 0.05) is 31.7 Å². The quantitative estimate of drug-likeness (QED) is 0.544. The molecule has 0 bridgehead atoms. The minimum absolute atomic E-state index is 0.0653. The van der Waals surface area contributed by atoms with E-state index >= 15 is 0 Å². The Morgan fingerprint density at radius 1 is 1.00 bits per heavy atom. The Morgan fingerprint density at radius 2 is 1.69 bits per heavy atom. The molecule has 6 nitrogen and oxygen atoms in total. The number of benzene rings is 2. The summed E-state index contributed by atoms with van der Waals surface area (Å²) in [6, 6.07) is 16.5. The van der Waals surface area contributed by atoms with Gasteiger partial charge in [0.15, 0.2) is 0 Å². The summed E-state index contributed by atoms with van der Waals surface area (Å²) in [5, 5.41) is 1.93. The Kier molecular flexibility index (Phi) is 6.64. The van der Waals surface area contributed by atoms with Gasteiger partial charge in [0.2, 0.25) is 10.0 Å². The zero-order valence-electron chi connectivity index (χ0n) is 18.2. The lowest BCUT2D eigenvalue weighted by molar-refractivity contribution is 0.0702. The van der Waals surface area contributed by atoms with E-state index in [2.05, 4.69) is 0 Å². The lowest BCUT2D eigenvalue weighted by Gasteiger charge is -2.33. The second-order valence-corrected chi connectivity index (χ2v) is 10.7. The summed E-state index contributed by atoms with van der Waals surface area (Å²) in [4.78, 5) is 15.6. The molecule has 4 rings (SSSR count). The monoisotopic (exact) mass is 470 g/mol. The van der Waals surface area contributed by atoms with Crippen LogP contribution >= 0.6 is 11.3 Å². The molecule has 1 aliphatic rings. The molecule has 0 N–H and O–H groups in total. The fraction of sp³-hybridized carbons (Fsp3) is 0.292. The average molecular weight is 471 g/mol. The van der Waals surface area contributed by atoms with Gasteiger partial charge in [-0.3, -0.25) is 4.79 Å². The van der Waals surface area contributed by atoms with Gasteiger partial charge in [-0.25, -0.2) is 8.42 Å². The molecule has 168 valence electrons. The zero-order chi connectivity index (χ0) is 22.7. The molecule has 0 atom stereocenters. The van der Waals surface area contributed by atoms with Crippen LogP contribution in [0.1, 0.15) is 26.4 Å². The zero-order valence-corrected chi connectivity index (χ0v) is 19.8. The number of aryl methyl sites for hydroxylation is 2. The SMILES string of the molecule is Cc1ccc(S(=O)(=O)N2CCN(C(=O)c3cc(COc4ccccc4C)cs3)CC2)cc1. The van der Waals surface area contributed by atoms with Crippen molar-refractivity contribution >= 4 is 27.3 Å². The van der Waals surface area contributed by atoms with Crippen LogP contribution in [0.4, 0.5) is 0 Å². The molecule has 3 aromatic rings. The van der Waals surface area contributed by atoms with E-state index in [4.69, 9.17) is 4.74 Å². The van der Waals surface area contributed by atoms with Gasteiger partial charge >= 0.3 is 0 Å². The van der Waals surface area contributed by atoms with E-state index in [-0.39, 0.29) is 19.0 Å². The van der Waals surface area contributed by atoms with E-state index in [0.29, 0.717) is 29.5 Å². The maximum absolute atomic E-state index is 12.9. The first kappa shape index (κ1) is 22.5. The third-order valence-electron chi connectivity index (χ3n) is 5.54. The van der Waals surface area contributed by atoms with E-state index in [1.54, 1.807) is 29.2 Å². The van der Waals surface area contributed by atoms with Crippen LogP contribution in [-0.2, 0) is 16.6 Å². The molecule has 0 aliphatic carbocycles. The molecule has 0 saturated carbocycles. The van der Waals surface area contributed by atoms with Gasteiger partial charge < -0.3 is 9.64 Å². The largest absolute Gasteiger partial charge is 0.489 e. The molecule has 1 amide bonds. The van der Waals surface area contributed by atoms with Gasteiger partial charge in [0.05, 0.1) is 9.77 Å². The van der Waals surface area contributed by atoms with Crippen LogP contribution in [-0.4, -0.2) is 49.7 Å². The van der Waals surface area contributed by atoms with Crippen molar-refractivity contribution in [1.82, 2.24) is 9.21 Å². The van der Waals surface area contributed by atoms with Crippen LogP contribution in [0.3, 0.4) is 0 Å². The number of piperazine rings is 1. The molecule has 1 saturated heterocycles. The van der Waals surface area contributed by atoms with Crippen LogP contribution in [0.15, 0.2) is 64.9 Å². The Balaban J connectivity index is 1.34. The second kappa shape index (κ2) is 9.44. The lowest BCUT2D eigenvalue weighted by Crippen LogP contribution is -2.50. The number of ether oxygens (including phenoxy) is 1. The molecule has 2 heterocycles. The van der Waals surface area contributed by atoms with E-state index in [1.807, 2.05) is 49.6 Å². The average Bonchev–Trinajstić information content (AvgIpc) is 3.27. The second-order valence-electron chi connectivity index (χ2n) is 7.88. The Morgan fingerprint density at radius 3 is 2.38 bits per heavy atom. The first-order valence-electron chi connectivity index (χ1n) is 10.5. The predicted octanol–water partition coefficient (Wildman–Crippen LogP) is 4.09. The third-order valence-corrected chi connectivity index (χ3v) is 8.42. The maximum Gasteiger partial charge on any atom is 0.264 e. The van der Waals surface area contributed by atoms with Crippen molar-refractivity contribution < 1.29 is 17.9 Å². The summed E-state index contributed by atoms with van der Waals surface area (Å²) in [5.41, 5.74) is 3.03. The highest BCUT2D eigenvalue weighted by Gasteiger charge is 2.30. The predicted molar refractivity (Wildman–Crippen MR) is 126 cm³/mol. The molecule has 1 aromatic heterocycles. The fourth-order valence-corrected chi connectivity index (χ4v) is 5.88. The number of carbonyl (C=O) groups excluding carboxylic acids is 1. The van der Waals surface area contributed by atoms with E-state index < -0.39 is 10.0 Å². The molecule has 1 aliphatic heterocycles. The summed E-state index contributed by atoms with van der Waals surface area (Å²) < 4.78 is 33.1. The van der Waals surface area contributed by atoms with Gasteiger partial charge in [-0.05, 0) is 49.1 Å². The summed E-state index contributed by atoms with van der Waals surface area (Å²) in [5.74, 6) is 0.766. The van der Waals surface area contributed by atoms with Crippen molar-refractivity contribution in [2.75, 3.05) is 26.2 Å². The van der Waals surface area contributed by atoms with Gasteiger partial charge in [-0.15, -0.1) is 11.3 Å². The number of amides is 1. The lowest BCUT2D eigenvalue weighted by atomic mass is 10.2. The molecule has 0 spiro atoms. The van der Waals surface area contributed by atoms with Gasteiger partial charge in [0.1, 0.15) is 12.4 Å². The number of hydrogen-bond acceptors (Lipinski definition) is 5. The normalized spacial score (nSPS) is 15.0. The molecule has 1 fully saturated rings. The number of para-hydroxylation sites is 1. The highest BCUT2D eigenvalue weighted by molar-refractivity contribution is 7.89. The summed E-state index contributed by atoms with van der Waals surface area (Å²) >= 11 is 1.39. The number of nitrogens with zero attached hydrogens (tertiary/aromatic N) is 2. The first-order valence-corrected chi connectivity index (χ1v) is 12.8. The number of rotatable bonds is 6. The molecule has 8 heteroatoms. The van der Waals surface area contributed by atoms with Crippen molar-refractivity contribution in [3.63, 3.8) is 0 Å². The Labute approximate surface area is 193 Å². The van der Waals surface area contributed by atoms with Gasteiger partial charge in [-0.2, -0.15) is 4.31 Å². The highest BCUT2D eigenvalue weighted by atomic mass is 32.2. The summed E-state index contributed by atoms with van der Waals surface area (Å²) in [6.45, 7) is 5.64. The van der Waals surface area contributed by atoms with Crippen LogP contribution < -0.4 is 4.74 Å². The maximum atomic E-state index is 12.9. The number of hydrogen-bond donors (Lipinski definition) is 0. The molecular formula is C24H26N2O4S2. The van der Waals surface area contributed by atoms with E-state index in [9.17, 15) is 13.2 Å². The Bertz CT molecular complexity index is 1190. The van der Waals surface area contributed by atoms with Crippen molar-refractivity contribution in [3.8, 4) is 5.75 Å². The smallest absolute Gasteiger partial charge is 0.264 e. The van der Waals surface area contributed by atoms with Crippen molar-refractivity contribution in [1.29, 1.82) is 0 Å². The minimum atomic E-state index is -3.54. The van der Waals surface area contributed by atoms with Gasteiger partial charge in [0.25, 0.3) is 5.91 Å². The Hall–Kier alpha value is -2.68. The van der Waals surface area contributed by atoms with Gasteiger partial charge in [-0.1, -0.05) is 35.9 Å². The van der Waals surface area contributed by atoms with Crippen LogP contribution in [0.25, 0.3) is 0 Å². The highest BCUT2D eigenvalue weighted by Crippen LogP contribution is 2.23. The third kappa shape index (κ3) is 4.87. The molecule has 2 aromatic carbocycles. The molecule has 0 radical (unpaired) electrons. The summed E-state index contributed by atoms with van der Waals surface area (Å²) in [6.07, 6.45) is 0. The molecule has 0 unspecified atom stereocenters. The number of carbonyl (C=O) groups is 1. The summed E-state index contributed by atoms with van der Waals surface area (Å²) in [7, 11) is -3.54.